The van der Waals surface area contributed by atoms with Crippen molar-refractivity contribution in [3.05, 3.63) is 0 Å². The molecule has 0 aliphatic carbocycles. The minimum absolute atomic E-state index is 0.736. The predicted molar refractivity (Wildman–Crippen MR) is 102 cm³/mol. The topological polar surface area (TPSA) is 265 Å². The smallest absolute Gasteiger partial charge is 0.213 e. The maximum atomic E-state index is 11.1. The van der Waals surface area contributed by atoms with E-state index in [1.165, 1.54) is 6.92 Å². The largest absolute Gasteiger partial charge is 0.394 e. The van der Waals surface area contributed by atoms with Crippen molar-refractivity contribution in [2.75, 3.05) is 13.2 Å². The molecule has 0 aromatic rings. The van der Waals surface area contributed by atoms with Gasteiger partial charge in [0.05, 0.1) is 25.4 Å². The third kappa shape index (κ3) is 4.65. The first kappa shape index (κ1) is 27.0. The monoisotopic (exact) mass is 487 g/mol. The number of nitrogens with two attached hydrogens (primary N) is 1. The van der Waals surface area contributed by atoms with Gasteiger partial charge in [-0.3, -0.25) is 0 Å². The molecule has 3 rings (SSSR count). The Morgan fingerprint density at radius 1 is 0.758 bits per heavy atom. The Morgan fingerprint density at radius 2 is 1.33 bits per heavy atom. The van der Waals surface area contributed by atoms with Gasteiger partial charge in [0.15, 0.2) is 6.29 Å². The Morgan fingerprint density at radius 3 is 1.91 bits per heavy atom. The quantitative estimate of drug-likeness (QED) is 0.172. The fourth-order valence-electron chi connectivity index (χ4n) is 4.35. The number of aliphatic hydroxyl groups excluding tert-OH is 9. The van der Waals surface area contributed by atoms with Gasteiger partial charge in [-0.2, -0.15) is 0 Å². The lowest BCUT2D eigenvalue weighted by molar-refractivity contribution is -0.398. The van der Waals surface area contributed by atoms with Crippen LogP contribution in [0.1, 0.15) is 6.92 Å². The van der Waals surface area contributed by atoms with Gasteiger partial charge in [0.2, 0.25) is 5.79 Å². The lowest BCUT2D eigenvalue weighted by Crippen LogP contribution is -2.77. The highest BCUT2D eigenvalue weighted by Crippen LogP contribution is 2.38. The van der Waals surface area contributed by atoms with Crippen LogP contribution in [0.5, 0.6) is 0 Å². The van der Waals surface area contributed by atoms with E-state index in [9.17, 15) is 51.1 Å². The second-order valence-electron chi connectivity index (χ2n) is 8.64. The fourth-order valence-corrected chi connectivity index (χ4v) is 4.35. The van der Waals surface area contributed by atoms with Crippen molar-refractivity contribution in [1.82, 2.24) is 0 Å². The molecule has 194 valence electrons. The van der Waals surface area contributed by atoms with E-state index in [2.05, 4.69) is 0 Å². The number of hydrogen-bond acceptors (Lipinski definition) is 15. The average molecular weight is 487 g/mol. The zero-order chi connectivity index (χ0) is 24.8. The highest BCUT2D eigenvalue weighted by Gasteiger charge is 2.62. The Balaban J connectivity index is 1.82. The molecule has 15 atom stereocenters. The van der Waals surface area contributed by atoms with E-state index >= 15 is 0 Å². The van der Waals surface area contributed by atoms with Crippen LogP contribution in [0, 0.1) is 0 Å². The molecule has 15 nitrogen and oxygen atoms in total. The molecule has 0 saturated carbocycles. The van der Waals surface area contributed by atoms with Crippen LogP contribution in [-0.4, -0.2) is 156 Å². The molecule has 0 radical (unpaired) electrons. The molecule has 2 unspecified atom stereocenters. The van der Waals surface area contributed by atoms with E-state index in [-0.39, 0.29) is 0 Å². The maximum Gasteiger partial charge on any atom is 0.213 e. The van der Waals surface area contributed by atoms with Crippen molar-refractivity contribution in [2.24, 2.45) is 5.73 Å². The van der Waals surface area contributed by atoms with E-state index < -0.39 is 105 Å². The van der Waals surface area contributed by atoms with Gasteiger partial charge in [-0.15, -0.1) is 0 Å². The molecule has 3 fully saturated rings. The Labute approximate surface area is 188 Å². The second-order valence-corrected chi connectivity index (χ2v) is 8.64. The number of rotatable bonds is 5. The zero-order valence-corrected chi connectivity index (χ0v) is 17.7. The molecule has 3 heterocycles. The van der Waals surface area contributed by atoms with Gasteiger partial charge in [0.1, 0.15) is 67.1 Å². The van der Waals surface area contributed by atoms with Crippen molar-refractivity contribution in [1.29, 1.82) is 0 Å². The summed E-state index contributed by atoms with van der Waals surface area (Å²) in [5, 5.41) is 101. The first-order valence-corrected chi connectivity index (χ1v) is 10.5. The maximum absolute atomic E-state index is 11.1. The van der Waals surface area contributed by atoms with Gasteiger partial charge >= 0.3 is 0 Å². The fraction of sp³-hybridized carbons (Fsp3) is 1.00. The summed E-state index contributed by atoms with van der Waals surface area (Å²) in [5.74, 6) is -2.67. The van der Waals surface area contributed by atoms with Crippen molar-refractivity contribution < 1.29 is 70.0 Å². The van der Waals surface area contributed by atoms with Crippen molar-refractivity contribution in [2.45, 2.75) is 98.3 Å². The molecule has 3 saturated heterocycles. The Hall–Kier alpha value is -0.600. The molecule has 0 aromatic heterocycles. The molecular weight excluding hydrogens is 454 g/mol. The highest BCUT2D eigenvalue weighted by atomic mass is 16.7. The van der Waals surface area contributed by atoms with Gasteiger partial charge in [0, 0.05) is 0 Å². The summed E-state index contributed by atoms with van der Waals surface area (Å²) in [5.41, 5.74) is 5.97. The molecule has 3 aliphatic heterocycles. The number of aliphatic hydroxyl groups is 10. The molecule has 12 N–H and O–H groups in total. The van der Waals surface area contributed by atoms with Crippen LogP contribution in [0.2, 0.25) is 0 Å². The van der Waals surface area contributed by atoms with Crippen LogP contribution in [0.3, 0.4) is 0 Å². The van der Waals surface area contributed by atoms with E-state index in [0.717, 1.165) is 0 Å². The Bertz CT molecular complexity index is 656. The summed E-state index contributed by atoms with van der Waals surface area (Å²) in [4.78, 5) is 0. The van der Waals surface area contributed by atoms with Gasteiger partial charge in [0.25, 0.3) is 0 Å². The zero-order valence-electron chi connectivity index (χ0n) is 17.7. The SMILES string of the molecule is C[C@@H]1OC(C2(O)O[C@H](CO)[C@@H](O[C@@H]3O[C@H](CO)[C@H](O)[C@H](O)[C@H]3O)[C@H](O)[C@H]2N)[C@@H](O)[C@H](O)[C@@H]1O. The van der Waals surface area contributed by atoms with E-state index in [0.29, 0.717) is 0 Å². The summed E-state index contributed by atoms with van der Waals surface area (Å²) < 4.78 is 21.5. The average Bonchev–Trinajstić information content (AvgIpc) is 2.80. The summed E-state index contributed by atoms with van der Waals surface area (Å²) in [6, 6.07) is -1.77. The third-order valence-electron chi connectivity index (χ3n) is 6.47. The van der Waals surface area contributed by atoms with Crippen LogP contribution in [0.25, 0.3) is 0 Å². The first-order chi connectivity index (χ1) is 15.4. The summed E-state index contributed by atoms with van der Waals surface area (Å²) in [7, 11) is 0. The van der Waals surface area contributed by atoms with Crippen molar-refractivity contribution in [3.8, 4) is 0 Å². The van der Waals surface area contributed by atoms with E-state index in [4.69, 9.17) is 24.7 Å². The molecule has 3 aliphatic rings. The molecule has 15 heteroatoms. The van der Waals surface area contributed by atoms with Gasteiger partial charge < -0.3 is 75.7 Å². The highest BCUT2D eigenvalue weighted by molar-refractivity contribution is 5.08. The number of ether oxygens (including phenoxy) is 4. The minimum Gasteiger partial charge on any atom is -0.394 e. The Kier molecular flexibility index (Phi) is 8.32. The predicted octanol–water partition coefficient (Wildman–Crippen LogP) is -7.19. The van der Waals surface area contributed by atoms with E-state index in [1.807, 2.05) is 0 Å². The summed E-state index contributed by atoms with van der Waals surface area (Å²) in [6.07, 6.45) is -21.2. The molecule has 0 spiro atoms. The first-order valence-electron chi connectivity index (χ1n) is 10.5. The van der Waals surface area contributed by atoms with Crippen LogP contribution in [0.4, 0.5) is 0 Å². The van der Waals surface area contributed by atoms with Gasteiger partial charge in [-0.05, 0) is 6.92 Å². The minimum atomic E-state index is -2.67. The van der Waals surface area contributed by atoms with E-state index in [1.54, 1.807) is 0 Å². The lowest BCUT2D eigenvalue weighted by atomic mass is 9.82. The summed E-state index contributed by atoms with van der Waals surface area (Å²) >= 11 is 0. The third-order valence-corrected chi connectivity index (χ3v) is 6.47. The van der Waals surface area contributed by atoms with Crippen LogP contribution < -0.4 is 5.73 Å². The van der Waals surface area contributed by atoms with Gasteiger partial charge in [-0.25, -0.2) is 0 Å². The van der Waals surface area contributed by atoms with Crippen LogP contribution in [0.15, 0.2) is 0 Å². The molecule has 0 amide bonds. The van der Waals surface area contributed by atoms with Gasteiger partial charge in [-0.1, -0.05) is 0 Å². The summed E-state index contributed by atoms with van der Waals surface area (Å²) in [6.45, 7) is -0.256. The molecule has 0 bridgehead atoms. The molecular formula is C18H33NO14. The number of hydrogen-bond donors (Lipinski definition) is 11. The molecule has 0 aromatic carbocycles. The normalized spacial score (nSPS) is 56.0. The van der Waals surface area contributed by atoms with Crippen molar-refractivity contribution >= 4 is 0 Å². The molecule has 33 heavy (non-hydrogen) atoms. The second kappa shape index (κ2) is 10.2. The van der Waals surface area contributed by atoms with Crippen molar-refractivity contribution in [3.63, 3.8) is 0 Å². The standard InChI is InChI=1S/C18H33NO14/c1-4-7(22)9(24)11(26)16(30-4)18(29)15(19)13(28)14(6(3-21)33-18)32-17-12(27)10(25)8(23)5(2-20)31-17/h4-17,20-29H,2-3,19H2,1H3/t4-,5+,6+,7+,8-,9+,10-,11-,12+,13-,14+,15+,16?,17-,18?/m0/s1. The van der Waals surface area contributed by atoms with Crippen LogP contribution >= 0.6 is 0 Å². The van der Waals surface area contributed by atoms with Crippen LogP contribution in [-0.2, 0) is 18.9 Å². The lowest BCUT2D eigenvalue weighted by Gasteiger charge is -2.54.